The van der Waals surface area contributed by atoms with Crippen LogP contribution in [-0.4, -0.2) is 20.4 Å². The molecule has 0 atom stereocenters. The van der Waals surface area contributed by atoms with Gasteiger partial charge >= 0.3 is 0 Å². The highest BCUT2D eigenvalue weighted by Gasteiger charge is 2.14. The molecule has 4 aromatic rings. The Kier molecular flexibility index (Phi) is 4.33. The first-order chi connectivity index (χ1) is 12.7. The molecule has 2 heterocycles. The van der Waals surface area contributed by atoms with Crippen LogP contribution in [-0.2, 0) is 0 Å². The van der Waals surface area contributed by atoms with E-state index in [1.54, 1.807) is 17.9 Å². The summed E-state index contributed by atoms with van der Waals surface area (Å²) in [6, 6.07) is 15.7. The van der Waals surface area contributed by atoms with Crippen LogP contribution in [0.4, 0.5) is 5.69 Å². The van der Waals surface area contributed by atoms with Crippen molar-refractivity contribution in [2.75, 3.05) is 5.32 Å². The van der Waals surface area contributed by atoms with Crippen LogP contribution in [0.2, 0.25) is 0 Å². The van der Waals surface area contributed by atoms with Crippen LogP contribution >= 0.6 is 11.3 Å². The van der Waals surface area contributed by atoms with Gasteiger partial charge in [-0.3, -0.25) is 4.79 Å². The Morgan fingerprint density at radius 3 is 2.69 bits per heavy atom. The predicted octanol–water partition coefficient (Wildman–Crippen LogP) is 4.56. The van der Waals surface area contributed by atoms with E-state index in [0.717, 1.165) is 16.3 Å². The lowest BCUT2D eigenvalue weighted by Gasteiger charge is -2.10. The highest BCUT2D eigenvalue weighted by atomic mass is 32.1. The average Bonchev–Trinajstić information content (AvgIpc) is 3.35. The van der Waals surface area contributed by atoms with Gasteiger partial charge in [-0.05, 0) is 19.1 Å². The third-order valence-corrected chi connectivity index (χ3v) is 4.86. The lowest BCUT2D eigenvalue weighted by Crippen LogP contribution is -2.14. The molecule has 0 fully saturated rings. The zero-order valence-corrected chi connectivity index (χ0v) is 14.9. The van der Waals surface area contributed by atoms with Crippen molar-refractivity contribution in [2.45, 2.75) is 6.92 Å². The van der Waals surface area contributed by atoms with Crippen LogP contribution < -0.4 is 5.32 Å². The molecule has 1 amide bonds. The maximum absolute atomic E-state index is 12.6. The topological polar surface area (TPSA) is 59.8 Å². The molecule has 0 saturated carbocycles. The van der Waals surface area contributed by atoms with Gasteiger partial charge in [0.15, 0.2) is 0 Å². The maximum Gasteiger partial charge on any atom is 0.275 e. The Morgan fingerprint density at radius 1 is 1.12 bits per heavy atom. The van der Waals surface area contributed by atoms with Gasteiger partial charge in [0.2, 0.25) is 0 Å². The summed E-state index contributed by atoms with van der Waals surface area (Å²) in [6.07, 6.45) is 5.24. The molecule has 2 aromatic carbocycles. The predicted molar refractivity (Wildman–Crippen MR) is 104 cm³/mol. The monoisotopic (exact) mass is 360 g/mol. The van der Waals surface area contributed by atoms with E-state index in [1.165, 1.54) is 16.9 Å². The molecular formula is C20H16N4OS. The first kappa shape index (κ1) is 16.2. The zero-order valence-electron chi connectivity index (χ0n) is 14.1. The van der Waals surface area contributed by atoms with Gasteiger partial charge in [-0.15, -0.1) is 11.3 Å². The number of hydrogen-bond donors (Lipinski definition) is 1. The number of carbonyl (C=O) groups excluding carboxylic acids is 1. The second-order valence-electron chi connectivity index (χ2n) is 5.85. The Hall–Kier alpha value is -3.25. The molecule has 1 N–H and O–H groups in total. The van der Waals surface area contributed by atoms with E-state index in [-0.39, 0.29) is 5.91 Å². The number of amides is 1. The molecule has 6 heteroatoms. The number of imidazole rings is 1. The molecule has 2 aromatic heterocycles. The summed E-state index contributed by atoms with van der Waals surface area (Å²) < 4.78 is 1.86. The number of anilines is 1. The van der Waals surface area contributed by atoms with Crippen LogP contribution in [0.3, 0.4) is 0 Å². The van der Waals surface area contributed by atoms with Gasteiger partial charge in [0.1, 0.15) is 10.7 Å². The van der Waals surface area contributed by atoms with Crippen LogP contribution in [0, 0.1) is 6.92 Å². The number of nitrogens with zero attached hydrogens (tertiary/aromatic N) is 3. The lowest BCUT2D eigenvalue weighted by atomic mass is 10.2. The van der Waals surface area contributed by atoms with Crippen LogP contribution in [0.25, 0.3) is 16.3 Å². The van der Waals surface area contributed by atoms with Crippen LogP contribution in [0.5, 0.6) is 0 Å². The van der Waals surface area contributed by atoms with Gasteiger partial charge in [-0.25, -0.2) is 9.97 Å². The summed E-state index contributed by atoms with van der Waals surface area (Å²) in [5.74, 6) is -0.229. The first-order valence-electron chi connectivity index (χ1n) is 8.12. The van der Waals surface area contributed by atoms with Gasteiger partial charge in [-0.2, -0.15) is 0 Å². The second kappa shape index (κ2) is 6.93. The van der Waals surface area contributed by atoms with Crippen molar-refractivity contribution in [1.82, 2.24) is 14.5 Å². The van der Waals surface area contributed by atoms with Crippen molar-refractivity contribution in [1.29, 1.82) is 0 Å². The first-order valence-corrected chi connectivity index (χ1v) is 9.00. The molecule has 128 valence electrons. The summed E-state index contributed by atoms with van der Waals surface area (Å²) >= 11 is 1.46. The fraction of sp³-hybridized carbons (Fsp3) is 0.0500. The van der Waals surface area contributed by atoms with E-state index in [4.69, 9.17) is 0 Å². The second-order valence-corrected chi connectivity index (χ2v) is 6.70. The van der Waals surface area contributed by atoms with Gasteiger partial charge in [0.25, 0.3) is 5.91 Å². The molecule has 0 aliphatic carbocycles. The summed E-state index contributed by atoms with van der Waals surface area (Å²) in [5, 5.41) is 5.56. The normalized spacial score (nSPS) is 10.7. The summed E-state index contributed by atoms with van der Waals surface area (Å²) in [5.41, 5.74) is 4.18. The quantitative estimate of drug-likeness (QED) is 0.580. The molecule has 0 aliphatic heterocycles. The number of rotatable bonds is 4. The number of benzene rings is 2. The Bertz CT molecular complexity index is 1040. The zero-order chi connectivity index (χ0) is 17.9. The molecule has 4 rings (SSSR count). The molecule has 0 aliphatic rings. The summed E-state index contributed by atoms with van der Waals surface area (Å²) in [7, 11) is 0. The lowest BCUT2D eigenvalue weighted by molar-refractivity contribution is 0.102. The third-order valence-electron chi connectivity index (χ3n) is 3.97. The van der Waals surface area contributed by atoms with E-state index in [1.807, 2.05) is 66.2 Å². The molecule has 0 unspecified atom stereocenters. The molecule has 0 radical (unpaired) electrons. The SMILES string of the molecule is Cc1ccc(-c2nc(C(=O)Nc3ccccc3-n3ccnc3)cs2)cc1. The fourth-order valence-corrected chi connectivity index (χ4v) is 3.41. The maximum atomic E-state index is 12.6. The molecular weight excluding hydrogens is 344 g/mol. The van der Waals surface area contributed by atoms with Gasteiger partial charge in [0, 0.05) is 23.3 Å². The standard InChI is InChI=1S/C20H16N4OS/c1-14-6-8-15(9-7-14)20-23-17(12-26-20)19(25)22-16-4-2-3-5-18(16)24-11-10-21-13-24/h2-13H,1H3,(H,22,25). The number of hydrogen-bond acceptors (Lipinski definition) is 4. The number of aromatic nitrogens is 3. The summed E-state index contributed by atoms with van der Waals surface area (Å²) in [6.45, 7) is 2.04. The third kappa shape index (κ3) is 3.27. The summed E-state index contributed by atoms with van der Waals surface area (Å²) in [4.78, 5) is 21.2. The van der Waals surface area contributed by atoms with E-state index < -0.39 is 0 Å². The Balaban J connectivity index is 1.58. The largest absolute Gasteiger partial charge is 0.319 e. The number of carbonyl (C=O) groups is 1. The number of para-hydroxylation sites is 2. The van der Waals surface area contributed by atoms with Crippen molar-refractivity contribution in [3.8, 4) is 16.3 Å². The molecule has 0 bridgehead atoms. The van der Waals surface area contributed by atoms with Gasteiger partial charge < -0.3 is 9.88 Å². The molecule has 5 nitrogen and oxygen atoms in total. The van der Waals surface area contributed by atoms with E-state index in [2.05, 4.69) is 15.3 Å². The smallest absolute Gasteiger partial charge is 0.275 e. The number of nitrogens with one attached hydrogen (secondary N) is 1. The van der Waals surface area contributed by atoms with Crippen molar-refractivity contribution in [2.24, 2.45) is 0 Å². The molecule has 26 heavy (non-hydrogen) atoms. The van der Waals surface area contributed by atoms with Crippen LogP contribution in [0.15, 0.2) is 72.6 Å². The highest BCUT2D eigenvalue weighted by molar-refractivity contribution is 7.13. The van der Waals surface area contributed by atoms with Gasteiger partial charge in [-0.1, -0.05) is 42.0 Å². The van der Waals surface area contributed by atoms with E-state index in [9.17, 15) is 4.79 Å². The molecule has 0 spiro atoms. The van der Waals surface area contributed by atoms with Crippen molar-refractivity contribution in [3.05, 3.63) is 83.9 Å². The van der Waals surface area contributed by atoms with Crippen molar-refractivity contribution >= 4 is 22.9 Å². The van der Waals surface area contributed by atoms with E-state index >= 15 is 0 Å². The average molecular weight is 360 g/mol. The fourth-order valence-electron chi connectivity index (χ4n) is 2.60. The minimum atomic E-state index is -0.229. The van der Waals surface area contributed by atoms with Crippen LogP contribution in [0.1, 0.15) is 16.1 Å². The Morgan fingerprint density at radius 2 is 1.92 bits per heavy atom. The van der Waals surface area contributed by atoms with Crippen molar-refractivity contribution in [3.63, 3.8) is 0 Å². The minimum absolute atomic E-state index is 0.229. The Labute approximate surface area is 155 Å². The number of thiazole rings is 1. The minimum Gasteiger partial charge on any atom is -0.319 e. The van der Waals surface area contributed by atoms with E-state index in [0.29, 0.717) is 11.4 Å². The molecule has 0 saturated heterocycles. The van der Waals surface area contributed by atoms with Crippen molar-refractivity contribution < 1.29 is 4.79 Å². The highest BCUT2D eigenvalue weighted by Crippen LogP contribution is 2.25. The number of aryl methyl sites for hydroxylation is 1. The van der Waals surface area contributed by atoms with Gasteiger partial charge in [0.05, 0.1) is 17.7 Å².